The molecule has 0 aliphatic heterocycles. The van der Waals surface area contributed by atoms with Crippen LogP contribution in [0.2, 0.25) is 5.02 Å². The van der Waals surface area contributed by atoms with Crippen molar-refractivity contribution in [3.05, 3.63) is 34.9 Å². The van der Waals surface area contributed by atoms with Gasteiger partial charge in [0.15, 0.2) is 0 Å². The second kappa shape index (κ2) is 6.05. The Morgan fingerprint density at radius 3 is 2.87 bits per heavy atom. The molecule has 0 amide bonds. The molecule has 0 atom stereocenters. The molecule has 0 aliphatic rings. The number of carbonyl (C=O) groups excluding carboxylic acids is 1. The highest BCUT2D eigenvalue weighted by Gasteiger charge is 2.04. The molecule has 4 heteroatoms. The van der Waals surface area contributed by atoms with Crippen molar-refractivity contribution in [2.45, 2.75) is 19.4 Å². The summed E-state index contributed by atoms with van der Waals surface area (Å²) in [5.74, 6) is -0.378. The number of esters is 1. The largest absolute Gasteiger partial charge is 0.461 e. The predicted molar refractivity (Wildman–Crippen MR) is 56.1 cm³/mol. The zero-order valence-corrected chi connectivity index (χ0v) is 8.83. The summed E-state index contributed by atoms with van der Waals surface area (Å²) >= 11 is 5.87. The zero-order chi connectivity index (χ0) is 11.1. The van der Waals surface area contributed by atoms with Gasteiger partial charge in [0.1, 0.15) is 6.61 Å². The van der Waals surface area contributed by atoms with Crippen LogP contribution in [0.4, 0.5) is 0 Å². The fourth-order valence-electron chi connectivity index (χ4n) is 1.00. The number of nitriles is 1. The molecule has 0 saturated carbocycles. The van der Waals surface area contributed by atoms with Crippen molar-refractivity contribution in [2.24, 2.45) is 0 Å². The summed E-state index contributed by atoms with van der Waals surface area (Å²) in [7, 11) is 0. The average Bonchev–Trinajstić information content (AvgIpc) is 2.25. The van der Waals surface area contributed by atoms with Gasteiger partial charge >= 0.3 is 5.97 Å². The number of benzene rings is 1. The predicted octanol–water partition coefficient (Wildman–Crippen LogP) is 2.69. The molecule has 1 aromatic rings. The Morgan fingerprint density at radius 1 is 1.47 bits per heavy atom. The van der Waals surface area contributed by atoms with Crippen molar-refractivity contribution in [3.8, 4) is 6.07 Å². The number of hydrogen-bond acceptors (Lipinski definition) is 3. The van der Waals surface area contributed by atoms with Gasteiger partial charge in [-0.3, -0.25) is 4.79 Å². The van der Waals surface area contributed by atoms with Gasteiger partial charge < -0.3 is 4.74 Å². The molecule has 0 aromatic heterocycles. The number of halogens is 1. The van der Waals surface area contributed by atoms with Crippen LogP contribution < -0.4 is 0 Å². The van der Waals surface area contributed by atoms with E-state index in [0.717, 1.165) is 5.56 Å². The second-order valence-corrected chi connectivity index (χ2v) is 3.32. The monoisotopic (exact) mass is 223 g/mol. The molecule has 15 heavy (non-hydrogen) atoms. The average molecular weight is 224 g/mol. The van der Waals surface area contributed by atoms with Gasteiger partial charge in [0, 0.05) is 17.0 Å². The van der Waals surface area contributed by atoms with E-state index in [1.807, 2.05) is 18.2 Å². The minimum absolute atomic E-state index is 0.126. The van der Waals surface area contributed by atoms with Crippen molar-refractivity contribution in [1.82, 2.24) is 0 Å². The van der Waals surface area contributed by atoms with E-state index in [1.54, 1.807) is 12.1 Å². The Morgan fingerprint density at radius 2 is 2.20 bits per heavy atom. The highest BCUT2D eigenvalue weighted by Crippen LogP contribution is 2.15. The van der Waals surface area contributed by atoms with E-state index < -0.39 is 0 Å². The topological polar surface area (TPSA) is 50.1 Å². The number of rotatable bonds is 4. The van der Waals surface area contributed by atoms with E-state index in [1.165, 1.54) is 0 Å². The van der Waals surface area contributed by atoms with Gasteiger partial charge in [0.2, 0.25) is 0 Å². The van der Waals surface area contributed by atoms with Crippen LogP contribution in [0.5, 0.6) is 0 Å². The molecule has 0 unspecified atom stereocenters. The van der Waals surface area contributed by atoms with E-state index >= 15 is 0 Å². The Labute approximate surface area is 93.2 Å². The van der Waals surface area contributed by atoms with Crippen LogP contribution in [0.3, 0.4) is 0 Å². The summed E-state index contributed by atoms with van der Waals surface area (Å²) in [6, 6.07) is 9.04. The summed E-state index contributed by atoms with van der Waals surface area (Å²) in [6.45, 7) is 0.157. The number of carbonyl (C=O) groups is 1. The molecule has 0 radical (unpaired) electrons. The summed E-state index contributed by atoms with van der Waals surface area (Å²) in [5.41, 5.74) is 0.768. The summed E-state index contributed by atoms with van der Waals surface area (Å²) < 4.78 is 4.94. The van der Waals surface area contributed by atoms with Crippen molar-refractivity contribution in [1.29, 1.82) is 5.26 Å². The lowest BCUT2D eigenvalue weighted by Gasteiger charge is -2.04. The van der Waals surface area contributed by atoms with Crippen LogP contribution in [0.25, 0.3) is 0 Å². The molecule has 0 spiro atoms. The molecule has 0 aliphatic carbocycles. The number of hydrogen-bond donors (Lipinski definition) is 0. The van der Waals surface area contributed by atoms with Gasteiger partial charge in [-0.25, -0.2) is 0 Å². The maximum Gasteiger partial charge on any atom is 0.307 e. The molecule has 0 saturated heterocycles. The van der Waals surface area contributed by atoms with E-state index in [2.05, 4.69) is 0 Å². The first-order chi connectivity index (χ1) is 7.24. The van der Waals surface area contributed by atoms with E-state index in [9.17, 15) is 4.79 Å². The fraction of sp³-hybridized carbons (Fsp3) is 0.273. The number of nitrogens with zero attached hydrogens (tertiary/aromatic N) is 1. The quantitative estimate of drug-likeness (QED) is 0.738. The van der Waals surface area contributed by atoms with Crippen molar-refractivity contribution in [2.75, 3.05) is 0 Å². The molecule has 0 heterocycles. The standard InChI is InChI=1S/C11H10ClNO2/c12-10-5-2-1-4-9(10)8-15-11(14)6-3-7-13/h1-2,4-5H,3,6,8H2. The van der Waals surface area contributed by atoms with E-state index in [0.29, 0.717) is 5.02 Å². The fourth-order valence-corrected chi connectivity index (χ4v) is 1.19. The third kappa shape index (κ3) is 4.01. The Bertz CT molecular complexity index is 384. The molecule has 0 bridgehead atoms. The first kappa shape index (κ1) is 11.5. The van der Waals surface area contributed by atoms with Gasteiger partial charge in [0.25, 0.3) is 0 Å². The summed E-state index contributed by atoms with van der Waals surface area (Å²) in [5, 5.41) is 8.84. The van der Waals surface area contributed by atoms with Gasteiger partial charge in [-0.2, -0.15) is 5.26 Å². The SMILES string of the molecule is N#CCCC(=O)OCc1ccccc1Cl. The molecular formula is C11H10ClNO2. The van der Waals surface area contributed by atoms with Gasteiger partial charge in [-0.05, 0) is 6.07 Å². The highest BCUT2D eigenvalue weighted by molar-refractivity contribution is 6.31. The molecule has 3 nitrogen and oxygen atoms in total. The third-order valence-corrected chi connectivity index (χ3v) is 2.16. The normalized spacial score (nSPS) is 9.33. The molecule has 78 valence electrons. The highest BCUT2D eigenvalue weighted by atomic mass is 35.5. The van der Waals surface area contributed by atoms with Gasteiger partial charge in [-0.15, -0.1) is 0 Å². The maximum atomic E-state index is 11.1. The first-order valence-electron chi connectivity index (χ1n) is 4.50. The smallest absolute Gasteiger partial charge is 0.307 e. The third-order valence-electron chi connectivity index (χ3n) is 1.79. The molecule has 1 aromatic carbocycles. The van der Waals surface area contributed by atoms with Crippen LogP contribution in [0, 0.1) is 11.3 Å². The van der Waals surface area contributed by atoms with Crippen molar-refractivity contribution < 1.29 is 9.53 Å². The lowest BCUT2D eigenvalue weighted by molar-refractivity contribution is -0.144. The number of ether oxygens (including phenoxy) is 1. The van der Waals surface area contributed by atoms with E-state index in [-0.39, 0.29) is 25.4 Å². The van der Waals surface area contributed by atoms with Crippen LogP contribution in [-0.4, -0.2) is 5.97 Å². The Hall–Kier alpha value is -1.53. The lowest BCUT2D eigenvalue weighted by Crippen LogP contribution is -2.04. The summed E-state index contributed by atoms with van der Waals surface area (Å²) in [4.78, 5) is 11.1. The van der Waals surface area contributed by atoms with Gasteiger partial charge in [-0.1, -0.05) is 29.8 Å². The van der Waals surface area contributed by atoms with Crippen molar-refractivity contribution in [3.63, 3.8) is 0 Å². The minimum atomic E-state index is -0.378. The first-order valence-corrected chi connectivity index (χ1v) is 4.88. The van der Waals surface area contributed by atoms with Crippen molar-refractivity contribution >= 4 is 17.6 Å². The van der Waals surface area contributed by atoms with Crippen LogP contribution in [-0.2, 0) is 16.1 Å². The molecule has 1 rings (SSSR count). The Kier molecular flexibility index (Phi) is 4.65. The minimum Gasteiger partial charge on any atom is -0.461 e. The summed E-state index contributed by atoms with van der Waals surface area (Å²) in [6.07, 6.45) is 0.308. The maximum absolute atomic E-state index is 11.1. The van der Waals surface area contributed by atoms with Gasteiger partial charge in [0.05, 0.1) is 12.5 Å². The van der Waals surface area contributed by atoms with Crippen LogP contribution in [0.1, 0.15) is 18.4 Å². The lowest BCUT2D eigenvalue weighted by atomic mass is 10.2. The second-order valence-electron chi connectivity index (χ2n) is 2.91. The molecule has 0 fully saturated rings. The molecule has 0 N–H and O–H groups in total. The van der Waals surface area contributed by atoms with E-state index in [4.69, 9.17) is 21.6 Å². The Balaban J connectivity index is 2.41. The molecular weight excluding hydrogens is 214 g/mol. The van der Waals surface area contributed by atoms with Crippen LogP contribution >= 0.6 is 11.6 Å². The zero-order valence-electron chi connectivity index (χ0n) is 8.07. The van der Waals surface area contributed by atoms with Crippen LogP contribution in [0.15, 0.2) is 24.3 Å².